The van der Waals surface area contributed by atoms with Gasteiger partial charge in [0.05, 0.1) is 23.1 Å². The summed E-state index contributed by atoms with van der Waals surface area (Å²) in [5.74, 6) is 0. The monoisotopic (exact) mass is 327 g/mol. The van der Waals surface area contributed by atoms with Crippen LogP contribution < -0.4 is 4.72 Å². The van der Waals surface area contributed by atoms with E-state index in [0.717, 1.165) is 16.8 Å². The van der Waals surface area contributed by atoms with Gasteiger partial charge in [-0.15, -0.1) is 0 Å². The first-order valence-electron chi connectivity index (χ1n) is 7.12. The second-order valence-corrected chi connectivity index (χ2v) is 7.07. The number of imidazole rings is 1. The molecule has 1 heterocycles. The van der Waals surface area contributed by atoms with Gasteiger partial charge in [0.15, 0.2) is 0 Å². The molecule has 0 amide bonds. The molecule has 0 atom stereocenters. The molecule has 0 spiro atoms. The molecule has 1 N–H and O–H groups in total. The van der Waals surface area contributed by atoms with Crippen LogP contribution in [0, 0.1) is 6.92 Å². The summed E-state index contributed by atoms with van der Waals surface area (Å²) in [5, 5.41) is 0. The van der Waals surface area contributed by atoms with Gasteiger partial charge in [0.25, 0.3) is 10.0 Å². The number of aromatic nitrogens is 2. The first-order valence-corrected chi connectivity index (χ1v) is 8.60. The molecule has 0 fully saturated rings. The van der Waals surface area contributed by atoms with Crippen molar-refractivity contribution >= 4 is 15.7 Å². The molecule has 2 aromatic carbocycles. The van der Waals surface area contributed by atoms with Crippen LogP contribution in [-0.2, 0) is 17.1 Å². The van der Waals surface area contributed by atoms with E-state index in [1.807, 2.05) is 30.7 Å². The fourth-order valence-corrected chi connectivity index (χ4v) is 3.33. The van der Waals surface area contributed by atoms with E-state index in [1.54, 1.807) is 48.9 Å². The second kappa shape index (κ2) is 5.89. The predicted octanol–water partition coefficient (Wildman–Crippen LogP) is 3.20. The molecule has 0 radical (unpaired) electrons. The molecule has 0 aliphatic rings. The molecule has 3 rings (SSSR count). The summed E-state index contributed by atoms with van der Waals surface area (Å²) in [5.41, 5.74) is 3.49. The van der Waals surface area contributed by atoms with E-state index in [0.29, 0.717) is 5.69 Å². The molecule has 5 nitrogen and oxygen atoms in total. The zero-order valence-electron chi connectivity index (χ0n) is 12.9. The van der Waals surface area contributed by atoms with Crippen LogP contribution >= 0.6 is 0 Å². The van der Waals surface area contributed by atoms with Gasteiger partial charge in [0, 0.05) is 12.7 Å². The van der Waals surface area contributed by atoms with Crippen molar-refractivity contribution in [1.82, 2.24) is 9.55 Å². The Morgan fingerprint density at radius 2 is 1.65 bits per heavy atom. The van der Waals surface area contributed by atoms with Gasteiger partial charge in [0.1, 0.15) is 0 Å². The molecule has 23 heavy (non-hydrogen) atoms. The highest BCUT2D eigenvalue weighted by Gasteiger charge is 2.13. The highest BCUT2D eigenvalue weighted by molar-refractivity contribution is 7.92. The Balaban J connectivity index is 1.83. The number of rotatable bonds is 4. The average Bonchev–Trinajstić information content (AvgIpc) is 2.94. The molecule has 118 valence electrons. The van der Waals surface area contributed by atoms with Gasteiger partial charge in [-0.2, -0.15) is 0 Å². The fourth-order valence-electron chi connectivity index (χ4n) is 2.28. The van der Waals surface area contributed by atoms with E-state index in [-0.39, 0.29) is 4.90 Å². The lowest BCUT2D eigenvalue weighted by atomic mass is 10.1. The van der Waals surface area contributed by atoms with Crippen molar-refractivity contribution in [3.63, 3.8) is 0 Å². The summed E-state index contributed by atoms with van der Waals surface area (Å²) in [6.07, 6.45) is 3.49. The smallest absolute Gasteiger partial charge is 0.261 e. The number of sulfonamides is 1. The number of anilines is 1. The largest absolute Gasteiger partial charge is 0.334 e. The minimum Gasteiger partial charge on any atom is -0.334 e. The van der Waals surface area contributed by atoms with Gasteiger partial charge in [-0.05, 0) is 36.8 Å². The molecular weight excluding hydrogens is 310 g/mol. The number of hydrogen-bond acceptors (Lipinski definition) is 3. The summed E-state index contributed by atoms with van der Waals surface area (Å²) in [6.45, 7) is 1.92. The number of aryl methyl sites for hydroxylation is 2. The third kappa shape index (κ3) is 3.27. The molecule has 0 bridgehead atoms. The van der Waals surface area contributed by atoms with Crippen molar-refractivity contribution in [2.75, 3.05) is 4.72 Å². The Hall–Kier alpha value is -2.60. The molecule has 0 saturated heterocycles. The van der Waals surface area contributed by atoms with Crippen molar-refractivity contribution in [3.05, 3.63) is 66.6 Å². The SMILES string of the molecule is Cc1ccc(S(=O)(=O)Nc2ccc(-c3cncn3C)cc2)cc1. The van der Waals surface area contributed by atoms with Crippen LogP contribution in [0.4, 0.5) is 5.69 Å². The molecule has 1 aromatic heterocycles. The van der Waals surface area contributed by atoms with Crippen LogP contribution in [0.2, 0.25) is 0 Å². The van der Waals surface area contributed by atoms with Gasteiger partial charge in [0.2, 0.25) is 0 Å². The van der Waals surface area contributed by atoms with Crippen molar-refractivity contribution in [2.45, 2.75) is 11.8 Å². The Morgan fingerprint density at radius 1 is 1.00 bits per heavy atom. The Labute approximate surface area is 135 Å². The van der Waals surface area contributed by atoms with Gasteiger partial charge < -0.3 is 4.57 Å². The van der Waals surface area contributed by atoms with Crippen LogP contribution in [0.3, 0.4) is 0 Å². The quantitative estimate of drug-likeness (QED) is 0.800. The fraction of sp³-hybridized carbons (Fsp3) is 0.118. The maximum absolute atomic E-state index is 12.4. The summed E-state index contributed by atoms with van der Waals surface area (Å²) in [6, 6.07) is 14.0. The standard InChI is InChI=1S/C17H17N3O2S/c1-13-3-9-16(10-4-13)23(21,22)19-15-7-5-14(6-8-15)17-11-18-12-20(17)2/h3-12,19H,1-2H3. The van der Waals surface area contributed by atoms with Gasteiger partial charge >= 0.3 is 0 Å². The molecular formula is C17H17N3O2S. The molecule has 0 aliphatic heterocycles. The molecule has 0 saturated carbocycles. The maximum Gasteiger partial charge on any atom is 0.261 e. The van der Waals surface area contributed by atoms with Crippen LogP contribution in [0.25, 0.3) is 11.3 Å². The number of hydrogen-bond donors (Lipinski definition) is 1. The van der Waals surface area contributed by atoms with Crippen molar-refractivity contribution in [3.8, 4) is 11.3 Å². The first kappa shape index (κ1) is 15.3. The Bertz CT molecular complexity index is 911. The van der Waals surface area contributed by atoms with E-state index in [2.05, 4.69) is 9.71 Å². The number of benzene rings is 2. The molecule has 6 heteroatoms. The molecule has 0 aliphatic carbocycles. The summed E-state index contributed by atoms with van der Waals surface area (Å²) < 4.78 is 29.2. The number of nitrogens with zero attached hydrogens (tertiary/aromatic N) is 2. The topological polar surface area (TPSA) is 64.0 Å². The third-order valence-electron chi connectivity index (χ3n) is 3.58. The summed E-state index contributed by atoms with van der Waals surface area (Å²) in [7, 11) is -1.66. The zero-order chi connectivity index (χ0) is 16.4. The van der Waals surface area contributed by atoms with Gasteiger partial charge in [-0.3, -0.25) is 4.72 Å². The summed E-state index contributed by atoms with van der Waals surface area (Å²) in [4.78, 5) is 4.33. The van der Waals surface area contributed by atoms with E-state index >= 15 is 0 Å². The minimum absolute atomic E-state index is 0.249. The summed E-state index contributed by atoms with van der Waals surface area (Å²) >= 11 is 0. The minimum atomic E-state index is -3.57. The first-order chi connectivity index (χ1) is 11.0. The molecule has 0 unspecified atom stereocenters. The molecule has 3 aromatic rings. The maximum atomic E-state index is 12.4. The van der Waals surface area contributed by atoms with Gasteiger partial charge in [-0.1, -0.05) is 29.8 Å². The lowest BCUT2D eigenvalue weighted by molar-refractivity contribution is 0.601. The van der Waals surface area contributed by atoms with Crippen molar-refractivity contribution in [2.24, 2.45) is 7.05 Å². The van der Waals surface area contributed by atoms with Crippen molar-refractivity contribution < 1.29 is 8.42 Å². The number of nitrogens with one attached hydrogen (secondary N) is 1. The van der Waals surface area contributed by atoms with Gasteiger partial charge in [-0.25, -0.2) is 13.4 Å². The Morgan fingerprint density at radius 3 is 2.22 bits per heavy atom. The lowest BCUT2D eigenvalue weighted by Gasteiger charge is -2.09. The van der Waals surface area contributed by atoms with Crippen molar-refractivity contribution in [1.29, 1.82) is 0 Å². The third-order valence-corrected chi connectivity index (χ3v) is 4.98. The average molecular weight is 327 g/mol. The van der Waals surface area contributed by atoms with Crippen LogP contribution in [0.15, 0.2) is 66.0 Å². The van der Waals surface area contributed by atoms with Crippen LogP contribution in [0.1, 0.15) is 5.56 Å². The van der Waals surface area contributed by atoms with Crippen LogP contribution in [-0.4, -0.2) is 18.0 Å². The van der Waals surface area contributed by atoms with E-state index in [4.69, 9.17) is 0 Å². The highest BCUT2D eigenvalue weighted by atomic mass is 32.2. The zero-order valence-corrected chi connectivity index (χ0v) is 13.7. The van der Waals surface area contributed by atoms with E-state index in [1.165, 1.54) is 0 Å². The predicted molar refractivity (Wildman–Crippen MR) is 90.6 cm³/mol. The normalized spacial score (nSPS) is 11.4. The van der Waals surface area contributed by atoms with Crippen LogP contribution in [0.5, 0.6) is 0 Å². The highest BCUT2D eigenvalue weighted by Crippen LogP contribution is 2.22. The van der Waals surface area contributed by atoms with E-state index < -0.39 is 10.0 Å². The Kier molecular flexibility index (Phi) is 3.92. The van der Waals surface area contributed by atoms with E-state index in [9.17, 15) is 8.42 Å². The second-order valence-electron chi connectivity index (χ2n) is 5.39. The lowest BCUT2D eigenvalue weighted by Crippen LogP contribution is -2.12.